The second-order valence-corrected chi connectivity index (χ2v) is 6.05. The maximum Gasteiger partial charge on any atom is 0.389 e. The van der Waals surface area contributed by atoms with Crippen molar-refractivity contribution in [2.24, 2.45) is 17.8 Å². The molecule has 4 atom stereocenters. The Bertz CT molecular complexity index is 264. The molecule has 0 aromatic rings. The van der Waals surface area contributed by atoms with Crippen molar-refractivity contribution < 1.29 is 13.2 Å². The summed E-state index contributed by atoms with van der Waals surface area (Å²) in [6.45, 7) is 2.91. The third kappa shape index (κ3) is 3.62. The lowest BCUT2D eigenvalue weighted by Gasteiger charge is -2.31. The molecule has 4 unspecified atom stereocenters. The first-order chi connectivity index (χ1) is 8.49. The van der Waals surface area contributed by atoms with Crippen molar-refractivity contribution >= 4 is 0 Å². The van der Waals surface area contributed by atoms with Crippen LogP contribution in [0, 0.1) is 17.8 Å². The van der Waals surface area contributed by atoms with Gasteiger partial charge in [-0.3, -0.25) is 0 Å². The highest BCUT2D eigenvalue weighted by atomic mass is 19.4. The monoisotopic (exact) mass is 263 g/mol. The topological polar surface area (TPSA) is 12.0 Å². The summed E-state index contributed by atoms with van der Waals surface area (Å²) in [4.78, 5) is 0. The standard InChI is InChI=1S/C14H24F3N/c1-2-7-18-13(5-6-14(15,16)17)12-9-10-3-4-11(12)8-10/h10-13,18H,2-9H2,1H3. The molecule has 2 aliphatic carbocycles. The van der Waals surface area contributed by atoms with Gasteiger partial charge in [0, 0.05) is 12.5 Å². The molecule has 0 aromatic heterocycles. The van der Waals surface area contributed by atoms with Crippen LogP contribution in [-0.2, 0) is 0 Å². The van der Waals surface area contributed by atoms with E-state index in [9.17, 15) is 13.2 Å². The molecular weight excluding hydrogens is 239 g/mol. The molecule has 0 heterocycles. The lowest BCUT2D eigenvalue weighted by atomic mass is 9.81. The third-order valence-corrected chi connectivity index (χ3v) is 4.70. The molecule has 2 aliphatic rings. The van der Waals surface area contributed by atoms with Gasteiger partial charge >= 0.3 is 6.18 Å². The minimum atomic E-state index is -4.01. The number of hydrogen-bond donors (Lipinski definition) is 1. The molecule has 0 saturated heterocycles. The Labute approximate surface area is 108 Å². The van der Waals surface area contributed by atoms with Crippen LogP contribution >= 0.6 is 0 Å². The molecule has 0 aliphatic heterocycles. The average molecular weight is 263 g/mol. The summed E-state index contributed by atoms with van der Waals surface area (Å²) in [7, 11) is 0. The van der Waals surface area contributed by atoms with Crippen molar-refractivity contribution in [1.82, 2.24) is 5.32 Å². The molecule has 106 valence electrons. The van der Waals surface area contributed by atoms with Crippen LogP contribution in [0.3, 0.4) is 0 Å². The van der Waals surface area contributed by atoms with Gasteiger partial charge in [-0.05, 0) is 56.4 Å². The van der Waals surface area contributed by atoms with E-state index < -0.39 is 12.6 Å². The zero-order valence-electron chi connectivity index (χ0n) is 11.1. The van der Waals surface area contributed by atoms with E-state index >= 15 is 0 Å². The number of fused-ring (bicyclic) bond motifs is 2. The van der Waals surface area contributed by atoms with Gasteiger partial charge in [0.1, 0.15) is 0 Å². The van der Waals surface area contributed by atoms with Crippen molar-refractivity contribution in [2.75, 3.05) is 6.54 Å². The van der Waals surface area contributed by atoms with Gasteiger partial charge in [-0.25, -0.2) is 0 Å². The lowest BCUT2D eigenvalue weighted by Crippen LogP contribution is -2.40. The Hall–Kier alpha value is -0.250. The molecule has 18 heavy (non-hydrogen) atoms. The Morgan fingerprint density at radius 3 is 2.50 bits per heavy atom. The third-order valence-electron chi connectivity index (χ3n) is 4.70. The van der Waals surface area contributed by atoms with Gasteiger partial charge in [0.25, 0.3) is 0 Å². The first kappa shape index (κ1) is 14.2. The van der Waals surface area contributed by atoms with Gasteiger partial charge in [0.2, 0.25) is 0 Å². The van der Waals surface area contributed by atoms with Gasteiger partial charge in [-0.1, -0.05) is 13.3 Å². The second kappa shape index (κ2) is 5.81. The SMILES string of the molecule is CCCNC(CCC(F)(F)F)C1CC2CCC1C2. The van der Waals surface area contributed by atoms with Gasteiger partial charge in [0.05, 0.1) is 0 Å². The largest absolute Gasteiger partial charge is 0.389 e. The molecule has 2 saturated carbocycles. The number of halogens is 3. The van der Waals surface area contributed by atoms with E-state index in [4.69, 9.17) is 0 Å². The molecule has 1 N–H and O–H groups in total. The molecule has 2 rings (SSSR count). The van der Waals surface area contributed by atoms with Crippen molar-refractivity contribution in [3.63, 3.8) is 0 Å². The average Bonchev–Trinajstić information content (AvgIpc) is 2.89. The summed E-state index contributed by atoms with van der Waals surface area (Å²) in [5.74, 6) is 1.99. The van der Waals surface area contributed by atoms with E-state index in [2.05, 4.69) is 12.2 Å². The van der Waals surface area contributed by atoms with Crippen molar-refractivity contribution in [3.8, 4) is 0 Å². The summed E-state index contributed by atoms with van der Waals surface area (Å²) in [6, 6.07) is 0.0851. The Kier molecular flexibility index (Phi) is 4.57. The van der Waals surface area contributed by atoms with E-state index in [0.29, 0.717) is 11.8 Å². The predicted molar refractivity (Wildman–Crippen MR) is 66.3 cm³/mol. The van der Waals surface area contributed by atoms with E-state index in [1.807, 2.05) is 0 Å². The van der Waals surface area contributed by atoms with Crippen LogP contribution in [0.25, 0.3) is 0 Å². The number of rotatable bonds is 6. The highest BCUT2D eigenvalue weighted by molar-refractivity contribution is 4.95. The summed E-state index contributed by atoms with van der Waals surface area (Å²) in [6.07, 6.45) is 1.57. The molecule has 4 heteroatoms. The van der Waals surface area contributed by atoms with Crippen LogP contribution in [0.15, 0.2) is 0 Å². The summed E-state index contributed by atoms with van der Waals surface area (Å²) >= 11 is 0. The zero-order valence-corrected chi connectivity index (χ0v) is 11.1. The van der Waals surface area contributed by atoms with Crippen molar-refractivity contribution in [3.05, 3.63) is 0 Å². The summed E-state index contributed by atoms with van der Waals surface area (Å²) in [5, 5.41) is 3.37. The van der Waals surface area contributed by atoms with Gasteiger partial charge in [-0.2, -0.15) is 13.2 Å². The molecule has 2 bridgehead atoms. The first-order valence-corrected chi connectivity index (χ1v) is 7.29. The maximum atomic E-state index is 12.4. The number of alkyl halides is 3. The van der Waals surface area contributed by atoms with Gasteiger partial charge in [-0.15, -0.1) is 0 Å². The molecular formula is C14H24F3N. The van der Waals surface area contributed by atoms with Crippen LogP contribution in [0.4, 0.5) is 13.2 Å². The number of hydrogen-bond acceptors (Lipinski definition) is 1. The smallest absolute Gasteiger partial charge is 0.314 e. The van der Waals surface area contributed by atoms with Crippen LogP contribution in [-0.4, -0.2) is 18.8 Å². The van der Waals surface area contributed by atoms with Gasteiger partial charge < -0.3 is 5.32 Å². The minimum absolute atomic E-state index is 0.0851. The normalized spacial score (nSPS) is 33.0. The fourth-order valence-electron chi connectivity index (χ4n) is 3.90. The fraction of sp³-hybridized carbons (Fsp3) is 1.00. The van der Waals surface area contributed by atoms with Crippen molar-refractivity contribution in [2.45, 2.75) is 64.1 Å². The Morgan fingerprint density at radius 2 is 2.00 bits per heavy atom. The molecule has 0 amide bonds. The summed E-state index contributed by atoms with van der Waals surface area (Å²) in [5.41, 5.74) is 0. The molecule has 0 radical (unpaired) electrons. The maximum absolute atomic E-state index is 12.4. The van der Waals surface area contributed by atoms with Crippen LogP contribution in [0.1, 0.15) is 51.9 Å². The Morgan fingerprint density at radius 1 is 1.22 bits per heavy atom. The van der Waals surface area contributed by atoms with Crippen LogP contribution in [0.5, 0.6) is 0 Å². The first-order valence-electron chi connectivity index (χ1n) is 7.29. The molecule has 2 fully saturated rings. The molecule has 0 spiro atoms. The molecule has 1 nitrogen and oxygen atoms in total. The Balaban J connectivity index is 1.88. The number of nitrogens with one attached hydrogen (secondary N) is 1. The fourth-order valence-corrected chi connectivity index (χ4v) is 3.90. The van der Waals surface area contributed by atoms with Crippen molar-refractivity contribution in [1.29, 1.82) is 0 Å². The van der Waals surface area contributed by atoms with E-state index in [0.717, 1.165) is 25.3 Å². The highest BCUT2D eigenvalue weighted by Gasteiger charge is 2.43. The van der Waals surface area contributed by atoms with Gasteiger partial charge in [0.15, 0.2) is 0 Å². The highest BCUT2D eigenvalue weighted by Crippen LogP contribution is 2.50. The quantitative estimate of drug-likeness (QED) is 0.759. The lowest BCUT2D eigenvalue weighted by molar-refractivity contribution is -0.137. The predicted octanol–water partition coefficient (Wildman–Crippen LogP) is 4.13. The van der Waals surface area contributed by atoms with Crippen LogP contribution in [0.2, 0.25) is 0 Å². The zero-order chi connectivity index (χ0) is 13.2. The minimum Gasteiger partial charge on any atom is -0.314 e. The van der Waals surface area contributed by atoms with E-state index in [-0.39, 0.29) is 12.5 Å². The molecule has 0 aromatic carbocycles. The van der Waals surface area contributed by atoms with Crippen LogP contribution < -0.4 is 5.32 Å². The van der Waals surface area contributed by atoms with E-state index in [1.165, 1.54) is 19.3 Å². The van der Waals surface area contributed by atoms with E-state index in [1.54, 1.807) is 0 Å². The second-order valence-electron chi connectivity index (χ2n) is 6.05. The summed E-state index contributed by atoms with van der Waals surface area (Å²) < 4.78 is 37.2.